The second kappa shape index (κ2) is 5.80. The van der Waals surface area contributed by atoms with Gasteiger partial charge in [0, 0.05) is 23.2 Å². The molecular formula is C13H12F3N3OS. The number of halogens is 3. The van der Waals surface area contributed by atoms with E-state index in [-0.39, 0.29) is 27.7 Å². The van der Waals surface area contributed by atoms with Crippen LogP contribution in [0, 0.1) is 6.92 Å². The number of nitrogens with zero attached hydrogens (tertiary/aromatic N) is 1. The highest BCUT2D eigenvalue weighted by Crippen LogP contribution is 2.35. The van der Waals surface area contributed by atoms with E-state index in [1.807, 2.05) is 0 Å². The molecule has 0 aliphatic carbocycles. The van der Waals surface area contributed by atoms with Crippen LogP contribution in [0.1, 0.15) is 16.8 Å². The molecule has 0 atom stereocenters. The maximum Gasteiger partial charge on any atom is 0.416 e. The van der Waals surface area contributed by atoms with Crippen molar-refractivity contribution in [3.05, 3.63) is 51.4 Å². The molecule has 0 aliphatic rings. The number of rotatable bonds is 3. The lowest BCUT2D eigenvalue weighted by atomic mass is 10.1. The van der Waals surface area contributed by atoms with Gasteiger partial charge in [-0.15, -0.1) is 0 Å². The molecule has 1 heterocycles. The number of nitrogen functional groups attached to an aromatic ring is 1. The summed E-state index contributed by atoms with van der Waals surface area (Å²) in [7, 11) is 0. The third-order valence-corrected chi connectivity index (χ3v) is 3.57. The van der Waals surface area contributed by atoms with Gasteiger partial charge in [0.25, 0.3) is 5.56 Å². The van der Waals surface area contributed by atoms with Crippen LogP contribution in [-0.2, 0) is 11.9 Å². The van der Waals surface area contributed by atoms with E-state index in [0.717, 1.165) is 17.8 Å². The third-order valence-electron chi connectivity index (χ3n) is 2.65. The number of benzene rings is 1. The Morgan fingerprint density at radius 1 is 1.33 bits per heavy atom. The molecule has 21 heavy (non-hydrogen) atoms. The highest BCUT2D eigenvalue weighted by atomic mass is 32.2. The number of nitrogens with one attached hydrogen (secondary N) is 1. The van der Waals surface area contributed by atoms with Gasteiger partial charge >= 0.3 is 6.18 Å². The Kier molecular flexibility index (Phi) is 4.26. The van der Waals surface area contributed by atoms with Gasteiger partial charge < -0.3 is 10.7 Å². The quantitative estimate of drug-likeness (QED) is 0.519. The molecule has 0 fully saturated rings. The first-order valence-electron chi connectivity index (χ1n) is 5.92. The molecule has 0 radical (unpaired) electrons. The van der Waals surface area contributed by atoms with E-state index >= 15 is 0 Å². The molecule has 0 spiro atoms. The minimum absolute atomic E-state index is 0.0293. The summed E-state index contributed by atoms with van der Waals surface area (Å²) >= 11 is 1.03. The van der Waals surface area contributed by atoms with Crippen LogP contribution in [0.3, 0.4) is 0 Å². The first-order chi connectivity index (χ1) is 9.75. The lowest BCUT2D eigenvalue weighted by Crippen LogP contribution is -2.10. The largest absolute Gasteiger partial charge is 0.416 e. The second-order valence-electron chi connectivity index (χ2n) is 4.39. The SMILES string of the molecule is Cc1cc(=O)[nH]c(SCc2ccc(N)cc2C(F)(F)F)n1. The fourth-order valence-electron chi connectivity index (χ4n) is 1.75. The van der Waals surface area contributed by atoms with E-state index in [1.165, 1.54) is 18.2 Å². The summed E-state index contributed by atoms with van der Waals surface area (Å²) in [5.41, 5.74) is 4.95. The lowest BCUT2D eigenvalue weighted by molar-refractivity contribution is -0.138. The van der Waals surface area contributed by atoms with Crippen LogP contribution in [0.2, 0.25) is 0 Å². The molecule has 2 aromatic rings. The Bertz CT molecular complexity index is 713. The zero-order chi connectivity index (χ0) is 15.6. The van der Waals surface area contributed by atoms with E-state index < -0.39 is 11.7 Å². The van der Waals surface area contributed by atoms with Crippen LogP contribution in [0.25, 0.3) is 0 Å². The molecule has 0 amide bonds. The molecule has 0 unspecified atom stereocenters. The summed E-state index contributed by atoms with van der Waals surface area (Å²) in [5, 5.41) is 0.282. The first kappa shape index (κ1) is 15.4. The zero-order valence-electron chi connectivity index (χ0n) is 11.0. The fourth-order valence-corrected chi connectivity index (χ4v) is 2.68. The summed E-state index contributed by atoms with van der Waals surface area (Å²) in [5.74, 6) is 0.0293. The molecule has 1 aromatic carbocycles. The maximum atomic E-state index is 12.9. The summed E-state index contributed by atoms with van der Waals surface area (Å²) < 4.78 is 38.8. The summed E-state index contributed by atoms with van der Waals surface area (Å²) in [4.78, 5) is 17.8. The van der Waals surface area contributed by atoms with Crippen molar-refractivity contribution in [2.24, 2.45) is 0 Å². The molecule has 1 aromatic heterocycles. The van der Waals surface area contributed by atoms with Crippen LogP contribution >= 0.6 is 11.8 Å². The van der Waals surface area contributed by atoms with Gasteiger partial charge in [-0.3, -0.25) is 4.79 Å². The highest BCUT2D eigenvalue weighted by molar-refractivity contribution is 7.98. The van der Waals surface area contributed by atoms with Crippen molar-refractivity contribution in [1.29, 1.82) is 0 Å². The number of hydrogen-bond donors (Lipinski definition) is 2. The first-order valence-corrected chi connectivity index (χ1v) is 6.90. The van der Waals surface area contributed by atoms with Gasteiger partial charge in [0.05, 0.1) is 5.56 Å². The molecule has 2 rings (SSSR count). The number of alkyl halides is 3. The average molecular weight is 315 g/mol. The fraction of sp³-hybridized carbons (Fsp3) is 0.231. The van der Waals surface area contributed by atoms with Gasteiger partial charge in [0.15, 0.2) is 5.16 Å². The molecule has 0 bridgehead atoms. The van der Waals surface area contributed by atoms with Crippen LogP contribution in [-0.4, -0.2) is 9.97 Å². The number of thioether (sulfide) groups is 1. The molecule has 0 saturated heterocycles. The van der Waals surface area contributed by atoms with Gasteiger partial charge in [-0.05, 0) is 24.6 Å². The zero-order valence-corrected chi connectivity index (χ0v) is 11.8. The van der Waals surface area contributed by atoms with E-state index in [0.29, 0.717) is 5.69 Å². The van der Waals surface area contributed by atoms with Crippen molar-refractivity contribution in [3.8, 4) is 0 Å². The summed E-state index contributed by atoms with van der Waals surface area (Å²) in [6.07, 6.45) is -4.47. The van der Waals surface area contributed by atoms with Gasteiger partial charge in [0.1, 0.15) is 0 Å². The maximum absolute atomic E-state index is 12.9. The monoisotopic (exact) mass is 315 g/mol. The molecule has 0 aliphatic heterocycles. The number of nitrogens with two attached hydrogens (primary N) is 1. The number of hydrogen-bond acceptors (Lipinski definition) is 4. The smallest absolute Gasteiger partial charge is 0.399 e. The van der Waals surface area contributed by atoms with Gasteiger partial charge in [0.2, 0.25) is 0 Å². The minimum atomic E-state index is -4.47. The summed E-state index contributed by atoms with van der Waals surface area (Å²) in [6.45, 7) is 1.64. The van der Waals surface area contributed by atoms with Crippen molar-refractivity contribution in [3.63, 3.8) is 0 Å². The number of aromatic nitrogens is 2. The van der Waals surface area contributed by atoms with Crippen LogP contribution in [0.5, 0.6) is 0 Å². The van der Waals surface area contributed by atoms with E-state index in [1.54, 1.807) is 6.92 Å². The van der Waals surface area contributed by atoms with Gasteiger partial charge in [-0.1, -0.05) is 17.8 Å². The van der Waals surface area contributed by atoms with Gasteiger partial charge in [-0.2, -0.15) is 13.2 Å². The normalized spacial score (nSPS) is 11.6. The Morgan fingerprint density at radius 2 is 2.05 bits per heavy atom. The van der Waals surface area contributed by atoms with E-state index in [4.69, 9.17) is 5.73 Å². The van der Waals surface area contributed by atoms with Crippen molar-refractivity contribution in [2.75, 3.05) is 5.73 Å². The van der Waals surface area contributed by atoms with Crippen LogP contribution < -0.4 is 11.3 Å². The highest BCUT2D eigenvalue weighted by Gasteiger charge is 2.33. The lowest BCUT2D eigenvalue weighted by Gasteiger charge is -2.13. The molecule has 4 nitrogen and oxygen atoms in total. The van der Waals surface area contributed by atoms with Crippen molar-refractivity contribution >= 4 is 17.4 Å². The van der Waals surface area contributed by atoms with Crippen molar-refractivity contribution in [1.82, 2.24) is 9.97 Å². The molecule has 8 heteroatoms. The Balaban J connectivity index is 2.26. The molecule has 0 saturated carbocycles. The standard InChI is InChI=1S/C13H12F3N3OS/c1-7-4-11(20)19-12(18-7)21-6-8-2-3-9(17)5-10(8)13(14,15)16/h2-5H,6,17H2,1H3,(H,18,19,20). The van der Waals surface area contributed by atoms with Crippen LogP contribution in [0.4, 0.5) is 18.9 Å². The third kappa shape index (κ3) is 4.01. The van der Waals surface area contributed by atoms with Crippen molar-refractivity contribution in [2.45, 2.75) is 24.0 Å². The average Bonchev–Trinajstić information content (AvgIpc) is 2.35. The predicted octanol–water partition coefficient (Wildman–Crippen LogP) is 2.97. The molecular weight excluding hydrogens is 303 g/mol. The predicted molar refractivity (Wildman–Crippen MR) is 75.0 cm³/mol. The Hall–Kier alpha value is -1.96. The Labute approximate surface area is 122 Å². The van der Waals surface area contributed by atoms with Crippen LogP contribution in [0.15, 0.2) is 34.2 Å². The van der Waals surface area contributed by atoms with E-state index in [9.17, 15) is 18.0 Å². The topological polar surface area (TPSA) is 71.8 Å². The number of aromatic amines is 1. The number of anilines is 1. The minimum Gasteiger partial charge on any atom is -0.399 e. The summed E-state index contributed by atoms with van der Waals surface area (Å²) in [6, 6.07) is 4.97. The van der Waals surface area contributed by atoms with Crippen molar-refractivity contribution < 1.29 is 13.2 Å². The molecule has 3 N–H and O–H groups in total. The number of aryl methyl sites for hydroxylation is 1. The van der Waals surface area contributed by atoms with E-state index in [2.05, 4.69) is 9.97 Å². The molecule has 112 valence electrons. The second-order valence-corrected chi connectivity index (χ2v) is 5.36. The Morgan fingerprint density at radius 3 is 2.67 bits per heavy atom. The number of H-pyrrole nitrogens is 1. The van der Waals surface area contributed by atoms with Gasteiger partial charge in [-0.25, -0.2) is 4.98 Å².